The Bertz CT molecular complexity index is 1760. The molecule has 4 nitrogen and oxygen atoms in total. The highest BCUT2D eigenvalue weighted by Gasteiger charge is 2.21. The van der Waals surface area contributed by atoms with Gasteiger partial charge in [-0.15, -0.1) is 0 Å². The summed E-state index contributed by atoms with van der Waals surface area (Å²) in [5.41, 5.74) is 10.0. The Labute approximate surface area is 257 Å². The fourth-order valence-electron chi connectivity index (χ4n) is 5.17. The smallest absolute Gasteiger partial charge is 0.339 e. The van der Waals surface area contributed by atoms with Crippen molar-refractivity contribution in [2.24, 2.45) is 0 Å². The number of carbonyl (C=O) groups excluding carboxylic acids is 1. The zero-order chi connectivity index (χ0) is 30.0. The van der Waals surface area contributed by atoms with E-state index in [1.807, 2.05) is 45.0 Å². The Morgan fingerprint density at radius 1 is 0.905 bits per heavy atom. The highest BCUT2D eigenvalue weighted by atomic mass is 79.9. The first-order valence-electron chi connectivity index (χ1n) is 14.2. The van der Waals surface area contributed by atoms with E-state index in [4.69, 9.17) is 4.74 Å². The van der Waals surface area contributed by atoms with Crippen molar-refractivity contribution in [3.05, 3.63) is 136 Å². The predicted octanol–water partition coefficient (Wildman–Crippen LogP) is 9.45. The maximum Gasteiger partial charge on any atom is 0.339 e. The zero-order valence-corrected chi connectivity index (χ0v) is 26.5. The van der Waals surface area contributed by atoms with Crippen LogP contribution < -0.4 is 5.32 Å². The van der Waals surface area contributed by atoms with Crippen LogP contribution in [0.25, 0.3) is 27.7 Å². The van der Waals surface area contributed by atoms with Crippen LogP contribution in [0.3, 0.4) is 0 Å². The maximum atomic E-state index is 12.9. The van der Waals surface area contributed by atoms with Gasteiger partial charge in [-0.05, 0) is 98.3 Å². The Kier molecular flexibility index (Phi) is 8.42. The molecule has 5 rings (SSSR count). The molecule has 0 radical (unpaired) electrons. The normalized spacial score (nSPS) is 11.5. The number of halogens is 1. The fourth-order valence-corrected chi connectivity index (χ4v) is 5.44. The second kappa shape index (κ2) is 12.0. The van der Waals surface area contributed by atoms with Crippen molar-refractivity contribution in [3.63, 3.8) is 0 Å². The maximum absolute atomic E-state index is 12.9. The van der Waals surface area contributed by atoms with Gasteiger partial charge >= 0.3 is 5.97 Å². The van der Waals surface area contributed by atoms with Gasteiger partial charge < -0.3 is 14.6 Å². The SMILES string of the molecule is C=C(NCc1ccc(Br)cc1)c1ccc2c(c1)c(C)c(C)n2Cc1ccc(-c2ccccc2C(=O)OC(C)(C)C)cc1. The summed E-state index contributed by atoms with van der Waals surface area (Å²) in [4.78, 5) is 12.9. The number of fused-ring (bicyclic) bond motifs is 1. The molecule has 0 aliphatic heterocycles. The predicted molar refractivity (Wildman–Crippen MR) is 178 cm³/mol. The molecular formula is C37H37BrN2O2. The van der Waals surface area contributed by atoms with Gasteiger partial charge in [0.25, 0.3) is 0 Å². The summed E-state index contributed by atoms with van der Waals surface area (Å²) in [5, 5.41) is 4.71. The fraction of sp³-hybridized carbons (Fsp3) is 0.216. The van der Waals surface area contributed by atoms with Crippen molar-refractivity contribution in [2.75, 3.05) is 0 Å². The molecule has 0 aliphatic rings. The molecule has 0 bridgehead atoms. The second-order valence-electron chi connectivity index (χ2n) is 11.7. The molecule has 0 fully saturated rings. The molecule has 1 heterocycles. The number of hydrogen-bond acceptors (Lipinski definition) is 3. The van der Waals surface area contributed by atoms with Crippen molar-refractivity contribution in [1.82, 2.24) is 9.88 Å². The minimum absolute atomic E-state index is 0.308. The lowest BCUT2D eigenvalue weighted by molar-refractivity contribution is 0.00704. The summed E-state index contributed by atoms with van der Waals surface area (Å²) in [6.45, 7) is 15.8. The standard InChI is InChI=1S/C37H37BrN2O2/c1-24-26(3)40(35-20-17-30(21-34(24)35)25(2)39-22-27-13-18-31(38)19-14-27)23-28-11-15-29(16-12-28)32-9-7-8-10-33(32)36(41)42-37(4,5)6/h7-21,39H,2,22-23H2,1,3-6H3. The van der Waals surface area contributed by atoms with Gasteiger partial charge in [-0.2, -0.15) is 0 Å². The number of benzene rings is 4. The van der Waals surface area contributed by atoms with Gasteiger partial charge in [0.15, 0.2) is 0 Å². The Morgan fingerprint density at radius 3 is 2.26 bits per heavy atom. The summed E-state index contributed by atoms with van der Waals surface area (Å²) in [6, 6.07) is 31.0. The molecule has 214 valence electrons. The molecular weight excluding hydrogens is 584 g/mol. The Hall–Kier alpha value is -4.09. The Morgan fingerprint density at radius 2 is 1.57 bits per heavy atom. The molecule has 0 atom stereocenters. The van der Waals surface area contributed by atoms with Crippen molar-refractivity contribution >= 4 is 38.5 Å². The van der Waals surface area contributed by atoms with Crippen molar-refractivity contribution in [2.45, 2.75) is 53.3 Å². The van der Waals surface area contributed by atoms with Gasteiger partial charge in [0.2, 0.25) is 0 Å². The summed E-state index contributed by atoms with van der Waals surface area (Å²) >= 11 is 3.49. The van der Waals surface area contributed by atoms with E-state index in [0.717, 1.165) is 39.9 Å². The number of nitrogens with one attached hydrogen (secondary N) is 1. The third-order valence-corrected chi connectivity index (χ3v) is 8.09. The lowest BCUT2D eigenvalue weighted by Gasteiger charge is -2.20. The van der Waals surface area contributed by atoms with Gasteiger partial charge in [0.1, 0.15) is 5.60 Å². The van der Waals surface area contributed by atoms with Crippen LogP contribution >= 0.6 is 15.9 Å². The van der Waals surface area contributed by atoms with E-state index in [0.29, 0.717) is 5.56 Å². The van der Waals surface area contributed by atoms with Crippen LogP contribution in [0.2, 0.25) is 0 Å². The number of carbonyl (C=O) groups is 1. The summed E-state index contributed by atoms with van der Waals surface area (Å²) in [6.07, 6.45) is 0. The molecule has 0 amide bonds. The number of nitrogens with zero attached hydrogens (tertiary/aromatic N) is 1. The van der Waals surface area contributed by atoms with Gasteiger partial charge in [0, 0.05) is 39.9 Å². The average Bonchev–Trinajstić information content (AvgIpc) is 3.20. The van der Waals surface area contributed by atoms with Crippen LogP contribution in [0.15, 0.2) is 102 Å². The van der Waals surface area contributed by atoms with Crippen LogP contribution in [0.5, 0.6) is 0 Å². The largest absolute Gasteiger partial charge is 0.456 e. The van der Waals surface area contributed by atoms with E-state index in [-0.39, 0.29) is 5.97 Å². The highest BCUT2D eigenvalue weighted by molar-refractivity contribution is 9.10. The molecule has 0 saturated carbocycles. The molecule has 0 spiro atoms. The molecule has 0 saturated heterocycles. The van der Waals surface area contributed by atoms with E-state index in [1.165, 1.54) is 33.3 Å². The first-order chi connectivity index (χ1) is 20.0. The first-order valence-corrected chi connectivity index (χ1v) is 15.0. The minimum Gasteiger partial charge on any atom is -0.456 e. The van der Waals surface area contributed by atoms with E-state index < -0.39 is 5.60 Å². The van der Waals surface area contributed by atoms with Gasteiger partial charge in [0.05, 0.1) is 5.56 Å². The highest BCUT2D eigenvalue weighted by Crippen LogP contribution is 2.30. The lowest BCUT2D eigenvalue weighted by Crippen LogP contribution is -2.24. The van der Waals surface area contributed by atoms with Crippen molar-refractivity contribution in [3.8, 4) is 11.1 Å². The lowest BCUT2D eigenvalue weighted by atomic mass is 9.98. The van der Waals surface area contributed by atoms with Gasteiger partial charge in [-0.25, -0.2) is 4.79 Å². The monoisotopic (exact) mass is 620 g/mol. The number of aromatic nitrogens is 1. The van der Waals surface area contributed by atoms with Crippen molar-refractivity contribution < 1.29 is 9.53 Å². The molecule has 1 N–H and O–H groups in total. The van der Waals surface area contributed by atoms with E-state index in [9.17, 15) is 4.79 Å². The zero-order valence-electron chi connectivity index (χ0n) is 24.9. The third kappa shape index (κ3) is 6.52. The van der Waals surface area contributed by atoms with Crippen LogP contribution in [0.4, 0.5) is 0 Å². The van der Waals surface area contributed by atoms with Crippen LogP contribution in [-0.4, -0.2) is 16.1 Å². The summed E-state index contributed by atoms with van der Waals surface area (Å²) < 4.78 is 9.10. The number of aryl methyl sites for hydroxylation is 1. The quantitative estimate of drug-likeness (QED) is 0.176. The Balaban J connectivity index is 1.35. The molecule has 0 aliphatic carbocycles. The van der Waals surface area contributed by atoms with Crippen LogP contribution in [0.1, 0.15) is 59.1 Å². The van der Waals surface area contributed by atoms with Gasteiger partial charge in [-0.1, -0.05) is 83.2 Å². The topological polar surface area (TPSA) is 43.3 Å². The number of ether oxygens (including phenoxy) is 1. The summed E-state index contributed by atoms with van der Waals surface area (Å²) in [7, 11) is 0. The molecule has 0 unspecified atom stereocenters. The third-order valence-electron chi connectivity index (χ3n) is 7.56. The van der Waals surface area contributed by atoms with Crippen LogP contribution in [0, 0.1) is 13.8 Å². The van der Waals surface area contributed by atoms with E-state index in [2.05, 4.69) is 113 Å². The average molecular weight is 622 g/mol. The van der Waals surface area contributed by atoms with E-state index >= 15 is 0 Å². The summed E-state index contributed by atoms with van der Waals surface area (Å²) in [5.74, 6) is -0.308. The molecule has 5 aromatic rings. The molecule has 5 heteroatoms. The van der Waals surface area contributed by atoms with E-state index in [1.54, 1.807) is 0 Å². The van der Waals surface area contributed by atoms with Crippen LogP contribution in [-0.2, 0) is 17.8 Å². The van der Waals surface area contributed by atoms with Crippen molar-refractivity contribution in [1.29, 1.82) is 0 Å². The number of hydrogen-bond donors (Lipinski definition) is 1. The molecule has 42 heavy (non-hydrogen) atoms. The minimum atomic E-state index is -0.548. The molecule has 4 aromatic carbocycles. The second-order valence-corrected chi connectivity index (χ2v) is 12.6. The number of esters is 1. The number of rotatable bonds is 8. The molecule has 1 aromatic heterocycles. The van der Waals surface area contributed by atoms with Gasteiger partial charge in [-0.3, -0.25) is 0 Å². The first kappa shape index (κ1) is 29.4.